The first-order chi connectivity index (χ1) is 4.02. The lowest BCUT2D eigenvalue weighted by atomic mass is 9.91. The minimum absolute atomic E-state index is 0.169. The minimum atomic E-state index is -0.351. The van der Waals surface area contributed by atoms with Crippen LogP contribution in [-0.4, -0.2) is 17.2 Å². The number of rotatable bonds is 1. The summed E-state index contributed by atoms with van der Waals surface area (Å²) < 4.78 is 0. The molecule has 0 aliphatic rings. The van der Waals surface area contributed by atoms with E-state index in [0.717, 1.165) is 0 Å². The number of oxime groups is 1. The molecule has 0 radical (unpaired) electrons. The first kappa shape index (κ1) is 8.14. The number of hydrogen-bond donors (Lipinski definition) is 1. The number of carbonyl (C=O) groups excluding carboxylic acids is 1. The molecule has 0 rings (SSSR count). The van der Waals surface area contributed by atoms with Gasteiger partial charge in [-0.2, -0.15) is 0 Å². The molecule has 0 amide bonds. The van der Waals surface area contributed by atoms with Crippen LogP contribution in [0.3, 0.4) is 0 Å². The molecule has 0 heterocycles. The maximum Gasteiger partial charge on any atom is 0.168 e. The van der Waals surface area contributed by atoms with Gasteiger partial charge in [-0.05, 0) is 0 Å². The normalized spacial score (nSPS) is 13.4. The van der Waals surface area contributed by atoms with Gasteiger partial charge in [0.15, 0.2) is 6.29 Å². The van der Waals surface area contributed by atoms with Crippen LogP contribution in [0, 0.1) is 5.41 Å². The molecule has 0 spiro atoms. The van der Waals surface area contributed by atoms with Gasteiger partial charge >= 0.3 is 0 Å². The molecule has 1 N–H and O–H groups in total. The zero-order chi connectivity index (χ0) is 7.49. The third kappa shape index (κ3) is 2.26. The van der Waals surface area contributed by atoms with Crippen LogP contribution in [0.25, 0.3) is 0 Å². The van der Waals surface area contributed by atoms with Gasteiger partial charge in [-0.1, -0.05) is 25.9 Å². The van der Waals surface area contributed by atoms with E-state index in [1.807, 2.05) is 0 Å². The molecular weight excluding hydrogens is 118 g/mol. The van der Waals surface area contributed by atoms with Gasteiger partial charge in [0, 0.05) is 5.41 Å². The van der Waals surface area contributed by atoms with Crippen molar-refractivity contribution < 1.29 is 10.0 Å². The molecule has 0 aromatic heterocycles. The van der Waals surface area contributed by atoms with Crippen molar-refractivity contribution in [1.29, 1.82) is 0 Å². The highest BCUT2D eigenvalue weighted by Crippen LogP contribution is 2.13. The Hall–Kier alpha value is -0.860. The van der Waals surface area contributed by atoms with Gasteiger partial charge in [0.2, 0.25) is 0 Å². The summed E-state index contributed by atoms with van der Waals surface area (Å²) in [7, 11) is 0. The molecule has 52 valence electrons. The van der Waals surface area contributed by atoms with Crippen molar-refractivity contribution in [3.63, 3.8) is 0 Å². The largest absolute Gasteiger partial charge is 0.411 e. The van der Waals surface area contributed by atoms with Crippen LogP contribution in [0.2, 0.25) is 0 Å². The smallest absolute Gasteiger partial charge is 0.168 e. The van der Waals surface area contributed by atoms with Gasteiger partial charge in [0.1, 0.15) is 5.71 Å². The highest BCUT2D eigenvalue weighted by atomic mass is 16.4. The Kier molecular flexibility index (Phi) is 2.37. The van der Waals surface area contributed by atoms with Gasteiger partial charge in [0.05, 0.1) is 0 Å². The summed E-state index contributed by atoms with van der Waals surface area (Å²) in [6, 6.07) is 0. The molecule has 0 aliphatic heterocycles. The standard InChI is InChI=1S/C6H11NO2/c1-6(2,3)5(4-8)7-9/h4,9H,1-3H3/b7-5+. The van der Waals surface area contributed by atoms with Gasteiger partial charge in [0.25, 0.3) is 0 Å². The fourth-order valence-corrected chi connectivity index (χ4v) is 0.350. The van der Waals surface area contributed by atoms with Crippen LogP contribution >= 0.6 is 0 Å². The molecule has 0 aromatic rings. The van der Waals surface area contributed by atoms with Crippen molar-refractivity contribution in [2.24, 2.45) is 10.6 Å². The van der Waals surface area contributed by atoms with Crippen molar-refractivity contribution in [2.45, 2.75) is 20.8 Å². The molecule has 0 bridgehead atoms. The maximum atomic E-state index is 10.1. The SMILES string of the molecule is CC(C)(C)/C(C=O)=N/O. The molecule has 0 aromatic carbocycles. The summed E-state index contributed by atoms with van der Waals surface area (Å²) in [6.07, 6.45) is 0.556. The van der Waals surface area contributed by atoms with E-state index in [2.05, 4.69) is 5.16 Å². The lowest BCUT2D eigenvalue weighted by Crippen LogP contribution is -2.21. The Morgan fingerprint density at radius 2 is 2.00 bits per heavy atom. The van der Waals surface area contributed by atoms with Crippen molar-refractivity contribution in [3.8, 4) is 0 Å². The van der Waals surface area contributed by atoms with Crippen LogP contribution in [0.1, 0.15) is 20.8 Å². The average Bonchev–Trinajstić information content (AvgIpc) is 1.65. The highest BCUT2D eigenvalue weighted by Gasteiger charge is 2.18. The van der Waals surface area contributed by atoms with Crippen molar-refractivity contribution in [2.75, 3.05) is 0 Å². The molecule has 0 fully saturated rings. The monoisotopic (exact) mass is 129 g/mol. The first-order valence-corrected chi connectivity index (χ1v) is 2.70. The summed E-state index contributed by atoms with van der Waals surface area (Å²) in [6.45, 7) is 5.41. The lowest BCUT2D eigenvalue weighted by Gasteiger charge is -2.13. The molecule has 3 nitrogen and oxygen atoms in total. The zero-order valence-corrected chi connectivity index (χ0v) is 5.88. The summed E-state index contributed by atoms with van der Waals surface area (Å²) in [5.74, 6) is 0. The van der Waals surface area contributed by atoms with Crippen LogP contribution in [0.15, 0.2) is 5.16 Å². The molecular formula is C6H11NO2. The Balaban J connectivity index is 4.32. The van der Waals surface area contributed by atoms with Crippen LogP contribution < -0.4 is 0 Å². The van der Waals surface area contributed by atoms with E-state index >= 15 is 0 Å². The second kappa shape index (κ2) is 2.62. The number of hydrogen-bond acceptors (Lipinski definition) is 3. The quantitative estimate of drug-likeness (QED) is 0.249. The highest BCUT2D eigenvalue weighted by molar-refractivity contribution is 6.30. The fourth-order valence-electron chi connectivity index (χ4n) is 0.350. The summed E-state index contributed by atoms with van der Waals surface area (Å²) in [4.78, 5) is 10.1. The molecule has 3 heteroatoms. The summed E-state index contributed by atoms with van der Waals surface area (Å²) >= 11 is 0. The Morgan fingerprint density at radius 1 is 1.56 bits per heavy atom. The van der Waals surface area contributed by atoms with E-state index in [0.29, 0.717) is 6.29 Å². The molecule has 0 atom stereocenters. The van der Waals surface area contributed by atoms with E-state index in [9.17, 15) is 4.79 Å². The van der Waals surface area contributed by atoms with Gasteiger partial charge in [-0.15, -0.1) is 0 Å². The topological polar surface area (TPSA) is 49.7 Å². The minimum Gasteiger partial charge on any atom is -0.411 e. The summed E-state index contributed by atoms with van der Waals surface area (Å²) in [5.41, 5.74) is -0.182. The van der Waals surface area contributed by atoms with E-state index < -0.39 is 0 Å². The summed E-state index contributed by atoms with van der Waals surface area (Å²) in [5, 5.41) is 11.0. The zero-order valence-electron chi connectivity index (χ0n) is 5.88. The third-order valence-electron chi connectivity index (χ3n) is 0.988. The van der Waals surface area contributed by atoms with Crippen LogP contribution in [0.4, 0.5) is 0 Å². The van der Waals surface area contributed by atoms with Gasteiger partial charge in [-0.25, -0.2) is 0 Å². The van der Waals surface area contributed by atoms with Crippen molar-refractivity contribution in [1.82, 2.24) is 0 Å². The first-order valence-electron chi connectivity index (χ1n) is 2.70. The number of carbonyl (C=O) groups is 1. The van der Waals surface area contributed by atoms with Crippen molar-refractivity contribution >= 4 is 12.0 Å². The van der Waals surface area contributed by atoms with Crippen LogP contribution in [-0.2, 0) is 4.79 Å². The molecule has 0 aliphatic carbocycles. The Labute approximate surface area is 54.4 Å². The second-order valence-electron chi connectivity index (χ2n) is 2.85. The van der Waals surface area contributed by atoms with E-state index in [1.165, 1.54) is 0 Å². The number of aldehydes is 1. The Morgan fingerprint density at radius 3 is 2.00 bits per heavy atom. The third-order valence-corrected chi connectivity index (χ3v) is 0.988. The maximum absolute atomic E-state index is 10.1. The predicted octanol–water partition coefficient (Wildman–Crippen LogP) is 1.06. The van der Waals surface area contributed by atoms with E-state index in [-0.39, 0.29) is 11.1 Å². The van der Waals surface area contributed by atoms with Crippen molar-refractivity contribution in [3.05, 3.63) is 0 Å². The Bertz CT molecular complexity index is 132. The number of nitrogens with zero attached hydrogens (tertiary/aromatic N) is 1. The second-order valence-corrected chi connectivity index (χ2v) is 2.85. The lowest BCUT2D eigenvalue weighted by molar-refractivity contribution is -0.103. The van der Waals surface area contributed by atoms with Gasteiger partial charge < -0.3 is 5.21 Å². The average molecular weight is 129 g/mol. The molecule has 0 saturated carbocycles. The van der Waals surface area contributed by atoms with E-state index in [4.69, 9.17) is 5.21 Å². The van der Waals surface area contributed by atoms with Crippen LogP contribution in [0.5, 0.6) is 0 Å². The predicted molar refractivity (Wildman–Crippen MR) is 34.7 cm³/mol. The molecule has 0 saturated heterocycles. The molecule has 0 unspecified atom stereocenters. The molecule has 9 heavy (non-hydrogen) atoms. The fraction of sp³-hybridized carbons (Fsp3) is 0.667. The van der Waals surface area contributed by atoms with E-state index in [1.54, 1.807) is 20.8 Å². The van der Waals surface area contributed by atoms with Gasteiger partial charge in [-0.3, -0.25) is 4.79 Å².